The van der Waals surface area contributed by atoms with Crippen LogP contribution in [0.3, 0.4) is 0 Å². The summed E-state index contributed by atoms with van der Waals surface area (Å²) in [7, 11) is 0. The van der Waals surface area contributed by atoms with Crippen molar-refractivity contribution in [2.24, 2.45) is 5.92 Å². The van der Waals surface area contributed by atoms with Crippen molar-refractivity contribution < 1.29 is 19.4 Å². The first kappa shape index (κ1) is 20.6. The van der Waals surface area contributed by atoms with Gasteiger partial charge in [0.15, 0.2) is 0 Å². The number of nitrogens with one attached hydrogen (secondary N) is 1. The van der Waals surface area contributed by atoms with E-state index < -0.39 is 17.7 Å². The van der Waals surface area contributed by atoms with Gasteiger partial charge in [0.25, 0.3) is 5.91 Å². The van der Waals surface area contributed by atoms with Crippen LogP contribution in [0.1, 0.15) is 42.6 Å². The minimum absolute atomic E-state index is 0.00506. The summed E-state index contributed by atoms with van der Waals surface area (Å²) in [6.07, 6.45) is 0.562. The van der Waals surface area contributed by atoms with E-state index in [0.717, 1.165) is 34.4 Å². The van der Waals surface area contributed by atoms with Crippen molar-refractivity contribution in [1.29, 1.82) is 0 Å². The van der Waals surface area contributed by atoms with Gasteiger partial charge in [-0.2, -0.15) is 0 Å². The summed E-state index contributed by atoms with van der Waals surface area (Å²) in [5.74, 6) is -0.0663. The fourth-order valence-corrected chi connectivity index (χ4v) is 4.16. The van der Waals surface area contributed by atoms with E-state index in [1.807, 2.05) is 61.5 Å². The molecular weight excluding hydrogens is 380 g/mol. The molecule has 30 heavy (non-hydrogen) atoms. The number of aryl methyl sites for hydroxylation is 1. The number of carbonyl (C=O) groups is 2. The van der Waals surface area contributed by atoms with Gasteiger partial charge in [0.1, 0.15) is 11.6 Å². The van der Waals surface area contributed by atoms with E-state index in [2.05, 4.69) is 5.32 Å². The number of nitrogens with zero attached hydrogens (tertiary/aromatic N) is 1. The van der Waals surface area contributed by atoms with Gasteiger partial charge in [0.05, 0.1) is 19.3 Å². The molecule has 1 heterocycles. The molecule has 0 spiro atoms. The highest BCUT2D eigenvalue weighted by Crippen LogP contribution is 2.42. The van der Waals surface area contributed by atoms with Crippen molar-refractivity contribution >= 4 is 11.9 Å². The van der Waals surface area contributed by atoms with Crippen LogP contribution < -0.4 is 5.32 Å². The highest BCUT2D eigenvalue weighted by atomic mass is 16.5. The summed E-state index contributed by atoms with van der Waals surface area (Å²) in [5.41, 5.74) is 2.25. The molecule has 2 N–H and O–H groups in total. The number of aliphatic hydroxyl groups is 1. The van der Waals surface area contributed by atoms with Gasteiger partial charge < -0.3 is 15.2 Å². The van der Waals surface area contributed by atoms with E-state index in [9.17, 15) is 14.7 Å². The molecule has 0 unspecified atom stereocenters. The molecule has 3 atom stereocenters. The van der Waals surface area contributed by atoms with Gasteiger partial charge >= 0.3 is 6.03 Å². The Morgan fingerprint density at radius 2 is 1.80 bits per heavy atom. The molecule has 1 aliphatic carbocycles. The molecule has 6 nitrogen and oxygen atoms in total. The third-order valence-corrected chi connectivity index (χ3v) is 6.12. The number of hydrogen-bond acceptors (Lipinski definition) is 4. The van der Waals surface area contributed by atoms with Gasteiger partial charge in [-0.15, -0.1) is 0 Å². The Labute approximate surface area is 176 Å². The lowest BCUT2D eigenvalue weighted by atomic mass is 9.96. The van der Waals surface area contributed by atoms with Crippen LogP contribution in [0.4, 0.5) is 4.79 Å². The molecule has 2 fully saturated rings. The Bertz CT molecular complexity index is 928. The van der Waals surface area contributed by atoms with Crippen LogP contribution in [-0.2, 0) is 9.53 Å². The zero-order chi connectivity index (χ0) is 21.3. The first-order valence-electron chi connectivity index (χ1n) is 10.4. The highest BCUT2D eigenvalue weighted by Gasteiger charge is 2.56. The van der Waals surface area contributed by atoms with Crippen molar-refractivity contribution in [2.75, 3.05) is 13.2 Å². The third-order valence-electron chi connectivity index (χ3n) is 6.12. The molecule has 4 rings (SSSR count). The highest BCUT2D eigenvalue weighted by molar-refractivity contribution is 6.07. The van der Waals surface area contributed by atoms with Gasteiger partial charge in [0, 0.05) is 0 Å². The van der Waals surface area contributed by atoms with E-state index in [1.54, 1.807) is 6.92 Å². The molecule has 2 aromatic carbocycles. The van der Waals surface area contributed by atoms with E-state index in [-0.39, 0.29) is 31.1 Å². The number of aliphatic hydroxyl groups excluding tert-OH is 1. The Morgan fingerprint density at radius 1 is 1.13 bits per heavy atom. The lowest BCUT2D eigenvalue weighted by molar-refractivity contribution is -0.132. The maximum Gasteiger partial charge on any atom is 0.325 e. The van der Waals surface area contributed by atoms with Crippen LogP contribution in [0.25, 0.3) is 0 Å². The average Bonchev–Trinajstić information content (AvgIpc) is 3.56. The molecule has 0 bridgehead atoms. The Hall–Kier alpha value is -2.70. The monoisotopic (exact) mass is 408 g/mol. The Kier molecular flexibility index (Phi) is 5.62. The van der Waals surface area contributed by atoms with Gasteiger partial charge in [0.2, 0.25) is 0 Å². The van der Waals surface area contributed by atoms with E-state index in [4.69, 9.17) is 4.74 Å². The SMILES string of the molecule is Cc1ccccc1[C@H](OC[C@@H](O)CN1C(=O)N[C@](C)(C2CC2)C1=O)c1ccccc1. The number of hydrogen-bond donors (Lipinski definition) is 2. The molecular formula is C24H28N2O4. The molecule has 2 aliphatic rings. The van der Waals surface area contributed by atoms with Gasteiger partial charge in [-0.1, -0.05) is 54.6 Å². The van der Waals surface area contributed by atoms with Crippen molar-refractivity contribution in [2.45, 2.75) is 44.4 Å². The maximum atomic E-state index is 12.8. The molecule has 2 aromatic rings. The lowest BCUT2D eigenvalue weighted by Crippen LogP contribution is -2.46. The summed E-state index contributed by atoms with van der Waals surface area (Å²) in [6.45, 7) is 3.72. The zero-order valence-electron chi connectivity index (χ0n) is 17.4. The standard InChI is InChI=1S/C24H28N2O4/c1-16-8-6-7-11-20(16)21(17-9-4-3-5-10-17)30-15-19(27)14-26-22(28)24(2,18-12-13-18)25-23(26)29/h3-11,18-19,21,27H,12-15H2,1-2H3,(H,25,29)/t19-,21+,24+/m0/s1. The van der Waals surface area contributed by atoms with Crippen LogP contribution in [0.5, 0.6) is 0 Å². The Morgan fingerprint density at radius 3 is 2.47 bits per heavy atom. The van der Waals surface area contributed by atoms with E-state index in [1.165, 1.54) is 0 Å². The largest absolute Gasteiger partial charge is 0.389 e. The van der Waals surface area contributed by atoms with Crippen LogP contribution in [0, 0.1) is 12.8 Å². The molecule has 1 saturated heterocycles. The Balaban J connectivity index is 1.44. The second kappa shape index (κ2) is 8.20. The molecule has 0 radical (unpaired) electrons. The number of rotatable bonds is 8. The normalized spacial score (nSPS) is 23.4. The molecule has 1 aliphatic heterocycles. The lowest BCUT2D eigenvalue weighted by Gasteiger charge is -2.24. The summed E-state index contributed by atoms with van der Waals surface area (Å²) in [6, 6.07) is 17.4. The van der Waals surface area contributed by atoms with E-state index in [0.29, 0.717) is 0 Å². The van der Waals surface area contributed by atoms with Crippen molar-refractivity contribution in [1.82, 2.24) is 10.2 Å². The second-order valence-electron chi connectivity index (χ2n) is 8.46. The minimum atomic E-state index is -0.975. The fourth-order valence-electron chi connectivity index (χ4n) is 4.16. The average molecular weight is 408 g/mol. The first-order chi connectivity index (χ1) is 14.4. The van der Waals surface area contributed by atoms with Gasteiger partial charge in [-0.3, -0.25) is 9.69 Å². The predicted octanol–water partition coefficient (Wildman–Crippen LogP) is 3.18. The smallest absolute Gasteiger partial charge is 0.325 e. The first-order valence-corrected chi connectivity index (χ1v) is 10.4. The number of amides is 3. The van der Waals surface area contributed by atoms with Crippen LogP contribution in [0.15, 0.2) is 54.6 Å². The van der Waals surface area contributed by atoms with Gasteiger partial charge in [-0.25, -0.2) is 4.79 Å². The topological polar surface area (TPSA) is 78.9 Å². The summed E-state index contributed by atoms with van der Waals surface area (Å²) in [4.78, 5) is 26.2. The van der Waals surface area contributed by atoms with Crippen LogP contribution in [-0.4, -0.2) is 46.7 Å². The maximum absolute atomic E-state index is 12.8. The van der Waals surface area contributed by atoms with Gasteiger partial charge in [-0.05, 0) is 49.3 Å². The zero-order valence-corrected chi connectivity index (χ0v) is 17.4. The summed E-state index contributed by atoms with van der Waals surface area (Å²) < 4.78 is 6.13. The number of ether oxygens (including phenoxy) is 1. The minimum Gasteiger partial charge on any atom is -0.389 e. The van der Waals surface area contributed by atoms with Crippen molar-refractivity contribution in [3.63, 3.8) is 0 Å². The number of urea groups is 1. The molecule has 6 heteroatoms. The quantitative estimate of drug-likeness (QED) is 0.658. The van der Waals surface area contributed by atoms with Crippen LogP contribution in [0.2, 0.25) is 0 Å². The summed E-state index contributed by atoms with van der Waals surface area (Å²) >= 11 is 0. The number of benzene rings is 2. The predicted molar refractivity (Wildman–Crippen MR) is 113 cm³/mol. The summed E-state index contributed by atoms with van der Waals surface area (Å²) in [5, 5.41) is 13.4. The number of imide groups is 1. The third kappa shape index (κ3) is 3.98. The molecule has 1 saturated carbocycles. The molecule has 3 amide bonds. The molecule has 158 valence electrons. The number of β-amino-alcohol motifs (C(OH)–C–C–N with tert-alkyl or cyclic N) is 1. The van der Waals surface area contributed by atoms with Crippen molar-refractivity contribution in [3.05, 3.63) is 71.3 Å². The van der Waals surface area contributed by atoms with E-state index >= 15 is 0 Å². The van der Waals surface area contributed by atoms with Crippen molar-refractivity contribution in [3.8, 4) is 0 Å². The number of carbonyl (C=O) groups excluding carboxylic acids is 2. The van der Waals surface area contributed by atoms with Crippen LogP contribution >= 0.6 is 0 Å². The molecule has 0 aromatic heterocycles. The fraction of sp³-hybridized carbons (Fsp3) is 0.417. The second-order valence-corrected chi connectivity index (χ2v) is 8.46.